The molecule has 0 aromatic carbocycles. The van der Waals surface area contributed by atoms with Crippen LogP contribution in [0.25, 0.3) is 0 Å². The van der Waals surface area contributed by atoms with Gasteiger partial charge in [0.2, 0.25) is 5.91 Å². The van der Waals surface area contributed by atoms with Gasteiger partial charge in [-0.25, -0.2) is 0 Å². The summed E-state index contributed by atoms with van der Waals surface area (Å²) in [5, 5.41) is 0. The van der Waals surface area contributed by atoms with Crippen molar-refractivity contribution in [2.75, 3.05) is 45.8 Å². The van der Waals surface area contributed by atoms with Crippen molar-refractivity contribution in [2.45, 2.75) is 32.6 Å². The Morgan fingerprint density at radius 1 is 0.958 bits per heavy atom. The maximum Gasteiger partial charge on any atom is 0.257 e. The van der Waals surface area contributed by atoms with E-state index in [2.05, 4.69) is 4.90 Å². The molecule has 0 unspecified atom stereocenters. The summed E-state index contributed by atoms with van der Waals surface area (Å²) in [5.41, 5.74) is 0.643. The molecule has 3 heterocycles. The second kappa shape index (κ2) is 7.83. The Kier molecular flexibility index (Phi) is 5.56. The number of amides is 2. The molecule has 3 rings (SSSR count). The predicted octanol–water partition coefficient (Wildman–Crippen LogP) is 1.75. The zero-order valence-electron chi connectivity index (χ0n) is 14.5. The molecule has 1 aromatic rings. The molecule has 0 atom stereocenters. The van der Waals surface area contributed by atoms with E-state index in [1.807, 2.05) is 16.7 Å². The van der Waals surface area contributed by atoms with Gasteiger partial charge in [-0.15, -0.1) is 0 Å². The lowest BCUT2D eigenvalue weighted by Gasteiger charge is -2.35. The van der Waals surface area contributed by atoms with Gasteiger partial charge in [0.1, 0.15) is 5.76 Å². The first-order valence-electron chi connectivity index (χ1n) is 8.98. The Labute approximate surface area is 143 Å². The number of hydrogen-bond donors (Lipinski definition) is 0. The molecular weight excluding hydrogens is 306 g/mol. The SMILES string of the molecule is Cc1occc1C(=O)N1CCN(CC(=O)N2CCCCCC2)CC1. The molecule has 1 aromatic heterocycles. The third-order valence-electron chi connectivity index (χ3n) is 5.07. The van der Waals surface area contributed by atoms with Gasteiger partial charge in [-0.2, -0.15) is 0 Å². The smallest absolute Gasteiger partial charge is 0.257 e. The van der Waals surface area contributed by atoms with Crippen LogP contribution in [0.3, 0.4) is 0 Å². The first-order valence-corrected chi connectivity index (χ1v) is 8.98. The summed E-state index contributed by atoms with van der Waals surface area (Å²) < 4.78 is 5.22. The molecule has 0 bridgehead atoms. The summed E-state index contributed by atoms with van der Waals surface area (Å²) in [7, 11) is 0. The second-order valence-corrected chi connectivity index (χ2v) is 6.75. The van der Waals surface area contributed by atoms with Crippen molar-refractivity contribution in [1.82, 2.24) is 14.7 Å². The van der Waals surface area contributed by atoms with Crippen LogP contribution in [0.15, 0.2) is 16.7 Å². The third kappa shape index (κ3) is 3.98. The number of rotatable bonds is 3. The topological polar surface area (TPSA) is 57.0 Å². The first kappa shape index (κ1) is 17.0. The fourth-order valence-corrected chi connectivity index (χ4v) is 3.50. The lowest BCUT2D eigenvalue weighted by atomic mass is 10.2. The van der Waals surface area contributed by atoms with E-state index < -0.39 is 0 Å². The molecule has 2 fully saturated rings. The van der Waals surface area contributed by atoms with Gasteiger partial charge in [0.25, 0.3) is 5.91 Å². The van der Waals surface area contributed by atoms with Crippen molar-refractivity contribution >= 4 is 11.8 Å². The first-order chi connectivity index (χ1) is 11.6. The lowest BCUT2D eigenvalue weighted by molar-refractivity contribution is -0.132. The highest BCUT2D eigenvalue weighted by molar-refractivity contribution is 5.95. The molecule has 0 saturated carbocycles. The van der Waals surface area contributed by atoms with E-state index >= 15 is 0 Å². The zero-order valence-corrected chi connectivity index (χ0v) is 14.5. The van der Waals surface area contributed by atoms with Gasteiger partial charge in [0.05, 0.1) is 18.4 Å². The summed E-state index contributed by atoms with van der Waals surface area (Å²) in [4.78, 5) is 31.0. The van der Waals surface area contributed by atoms with Crippen molar-refractivity contribution in [1.29, 1.82) is 0 Å². The monoisotopic (exact) mass is 333 g/mol. The van der Waals surface area contributed by atoms with E-state index in [0.717, 1.165) is 39.0 Å². The van der Waals surface area contributed by atoms with Crippen LogP contribution in [0.5, 0.6) is 0 Å². The average molecular weight is 333 g/mol. The summed E-state index contributed by atoms with van der Waals surface area (Å²) in [5.74, 6) is 0.931. The molecule has 2 aliphatic rings. The number of carbonyl (C=O) groups excluding carboxylic acids is 2. The number of nitrogens with zero attached hydrogens (tertiary/aromatic N) is 3. The van der Waals surface area contributed by atoms with Crippen LogP contribution in [-0.4, -0.2) is 72.3 Å². The van der Waals surface area contributed by atoms with Crippen molar-refractivity contribution in [3.05, 3.63) is 23.7 Å². The quantitative estimate of drug-likeness (QED) is 0.846. The predicted molar refractivity (Wildman–Crippen MR) is 90.8 cm³/mol. The van der Waals surface area contributed by atoms with Gasteiger partial charge in [-0.3, -0.25) is 14.5 Å². The van der Waals surface area contributed by atoms with Crippen molar-refractivity contribution in [2.24, 2.45) is 0 Å². The molecule has 24 heavy (non-hydrogen) atoms. The minimum absolute atomic E-state index is 0.0275. The van der Waals surface area contributed by atoms with E-state index in [9.17, 15) is 9.59 Å². The summed E-state index contributed by atoms with van der Waals surface area (Å²) >= 11 is 0. The Bertz CT molecular complexity index is 568. The molecular formula is C18H27N3O3. The molecule has 2 aliphatic heterocycles. The van der Waals surface area contributed by atoms with E-state index in [0.29, 0.717) is 31.0 Å². The fraction of sp³-hybridized carbons (Fsp3) is 0.667. The zero-order chi connectivity index (χ0) is 16.9. The molecule has 132 valence electrons. The van der Waals surface area contributed by atoms with Crippen LogP contribution in [0.4, 0.5) is 0 Å². The summed E-state index contributed by atoms with van der Waals surface area (Å²) in [6.07, 6.45) is 6.27. The van der Waals surface area contributed by atoms with E-state index in [-0.39, 0.29) is 11.8 Å². The molecule has 0 aliphatic carbocycles. The van der Waals surface area contributed by atoms with E-state index in [1.54, 1.807) is 12.3 Å². The highest BCUT2D eigenvalue weighted by Gasteiger charge is 2.26. The number of carbonyl (C=O) groups is 2. The van der Waals surface area contributed by atoms with Crippen molar-refractivity contribution in [3.63, 3.8) is 0 Å². The van der Waals surface area contributed by atoms with Gasteiger partial charge in [-0.05, 0) is 25.8 Å². The summed E-state index contributed by atoms with van der Waals surface area (Å²) in [6, 6.07) is 1.73. The fourth-order valence-electron chi connectivity index (χ4n) is 3.50. The van der Waals surface area contributed by atoms with Crippen molar-refractivity contribution in [3.8, 4) is 0 Å². The number of furan rings is 1. The molecule has 2 amide bonds. The van der Waals surface area contributed by atoms with Crippen LogP contribution in [-0.2, 0) is 4.79 Å². The normalized spacial score (nSPS) is 20.0. The molecule has 2 saturated heterocycles. The number of piperazine rings is 1. The maximum absolute atomic E-state index is 12.5. The highest BCUT2D eigenvalue weighted by atomic mass is 16.3. The van der Waals surface area contributed by atoms with E-state index in [1.165, 1.54) is 12.8 Å². The summed E-state index contributed by atoms with van der Waals surface area (Å²) in [6.45, 7) is 6.92. The molecule has 0 spiro atoms. The van der Waals surface area contributed by atoms with Crippen LogP contribution in [0.1, 0.15) is 41.8 Å². The molecule has 6 nitrogen and oxygen atoms in total. The average Bonchev–Trinajstić information content (AvgIpc) is 2.85. The molecule has 0 N–H and O–H groups in total. The molecule has 0 radical (unpaired) electrons. The Morgan fingerprint density at radius 2 is 1.62 bits per heavy atom. The van der Waals surface area contributed by atoms with E-state index in [4.69, 9.17) is 4.42 Å². The second-order valence-electron chi connectivity index (χ2n) is 6.75. The maximum atomic E-state index is 12.5. The van der Waals surface area contributed by atoms with Gasteiger partial charge in [0.15, 0.2) is 0 Å². The van der Waals surface area contributed by atoms with Crippen LogP contribution in [0, 0.1) is 6.92 Å². The van der Waals surface area contributed by atoms with Crippen LogP contribution in [0.2, 0.25) is 0 Å². The van der Waals surface area contributed by atoms with Crippen molar-refractivity contribution < 1.29 is 14.0 Å². The highest BCUT2D eigenvalue weighted by Crippen LogP contribution is 2.14. The standard InChI is InChI=1S/C18H27N3O3/c1-15-16(6-13-24-15)18(23)21-11-9-19(10-12-21)14-17(22)20-7-4-2-3-5-8-20/h6,13H,2-5,7-12,14H2,1H3. The van der Waals surface area contributed by atoms with Crippen LogP contribution < -0.4 is 0 Å². The Morgan fingerprint density at radius 3 is 2.21 bits per heavy atom. The van der Waals surface area contributed by atoms with Gasteiger partial charge >= 0.3 is 0 Å². The van der Waals surface area contributed by atoms with Gasteiger partial charge < -0.3 is 14.2 Å². The number of likely N-dealkylation sites (tertiary alicyclic amines) is 1. The number of aryl methyl sites for hydroxylation is 1. The lowest BCUT2D eigenvalue weighted by Crippen LogP contribution is -2.51. The Hall–Kier alpha value is -1.82. The van der Waals surface area contributed by atoms with Crippen LogP contribution >= 0.6 is 0 Å². The number of hydrogen-bond acceptors (Lipinski definition) is 4. The van der Waals surface area contributed by atoms with Gasteiger partial charge in [0, 0.05) is 39.3 Å². The minimum atomic E-state index is 0.0275. The third-order valence-corrected chi connectivity index (χ3v) is 5.07. The molecule has 6 heteroatoms. The Balaban J connectivity index is 1.47. The van der Waals surface area contributed by atoms with Gasteiger partial charge in [-0.1, -0.05) is 12.8 Å². The largest absolute Gasteiger partial charge is 0.469 e. The minimum Gasteiger partial charge on any atom is -0.469 e.